The van der Waals surface area contributed by atoms with E-state index in [1.807, 2.05) is 0 Å². The molecule has 0 heterocycles. The van der Waals surface area contributed by atoms with Gasteiger partial charge in [-0.05, 0) is 12.3 Å². The molecule has 0 rings (SSSR count). The average molecular weight is 268 g/mol. The molecule has 2 N–H and O–H groups in total. The first-order chi connectivity index (χ1) is 8.31. The van der Waals surface area contributed by atoms with Crippen molar-refractivity contribution in [3.8, 4) is 0 Å². The number of carbonyl (C=O) groups is 1. The van der Waals surface area contributed by atoms with E-state index in [2.05, 4.69) is 19.2 Å². The van der Waals surface area contributed by atoms with Gasteiger partial charge in [0, 0.05) is 6.54 Å². The largest absolute Gasteiger partial charge is 0.405 e. The lowest BCUT2D eigenvalue weighted by Gasteiger charge is -2.09. The van der Waals surface area contributed by atoms with Crippen molar-refractivity contribution in [3.63, 3.8) is 0 Å². The number of alkyl halides is 3. The van der Waals surface area contributed by atoms with Crippen molar-refractivity contribution in [2.75, 3.05) is 13.1 Å². The molecule has 0 aromatic carbocycles. The molecule has 0 unspecified atom stereocenters. The van der Waals surface area contributed by atoms with Crippen LogP contribution >= 0.6 is 0 Å². The predicted octanol–water partition coefficient (Wildman–Crippen LogP) is 3.45. The van der Waals surface area contributed by atoms with Crippen LogP contribution in [0, 0.1) is 5.92 Å². The van der Waals surface area contributed by atoms with Crippen LogP contribution in [0.5, 0.6) is 0 Å². The van der Waals surface area contributed by atoms with Gasteiger partial charge < -0.3 is 10.6 Å². The smallest absolute Gasteiger partial charge is 0.338 e. The van der Waals surface area contributed by atoms with Gasteiger partial charge in [0.05, 0.1) is 0 Å². The summed E-state index contributed by atoms with van der Waals surface area (Å²) in [4.78, 5) is 10.9. The van der Waals surface area contributed by atoms with Crippen LogP contribution in [0.4, 0.5) is 18.0 Å². The molecule has 2 amide bonds. The van der Waals surface area contributed by atoms with E-state index in [0.29, 0.717) is 12.5 Å². The third-order valence-electron chi connectivity index (χ3n) is 2.44. The van der Waals surface area contributed by atoms with E-state index in [0.717, 1.165) is 25.7 Å². The zero-order chi connectivity index (χ0) is 14.0. The molecule has 0 fully saturated rings. The molecule has 0 spiro atoms. The van der Waals surface area contributed by atoms with Crippen LogP contribution in [-0.4, -0.2) is 25.3 Å². The van der Waals surface area contributed by atoms with E-state index >= 15 is 0 Å². The first kappa shape index (κ1) is 17.1. The molecule has 0 aromatic heterocycles. The second kappa shape index (κ2) is 9.05. The SMILES string of the molecule is CC(C)CCCCCCNC(=O)NCC(F)(F)F. The molecule has 0 saturated carbocycles. The number of urea groups is 1. The Bertz CT molecular complexity index is 230. The summed E-state index contributed by atoms with van der Waals surface area (Å²) in [7, 11) is 0. The van der Waals surface area contributed by atoms with Crippen LogP contribution in [0.3, 0.4) is 0 Å². The number of halogens is 3. The maximum absolute atomic E-state index is 11.8. The molecular weight excluding hydrogens is 245 g/mol. The third kappa shape index (κ3) is 13.1. The molecule has 0 aromatic rings. The van der Waals surface area contributed by atoms with Crippen LogP contribution in [0.1, 0.15) is 46.0 Å². The number of hydrogen-bond acceptors (Lipinski definition) is 1. The van der Waals surface area contributed by atoms with Gasteiger partial charge in [-0.1, -0.05) is 39.5 Å². The van der Waals surface area contributed by atoms with Gasteiger partial charge in [-0.15, -0.1) is 0 Å². The van der Waals surface area contributed by atoms with E-state index in [1.165, 1.54) is 6.42 Å². The van der Waals surface area contributed by atoms with E-state index < -0.39 is 18.8 Å². The minimum atomic E-state index is -4.35. The Morgan fingerprint density at radius 2 is 1.67 bits per heavy atom. The number of hydrogen-bond donors (Lipinski definition) is 2. The Morgan fingerprint density at radius 3 is 2.22 bits per heavy atom. The molecule has 108 valence electrons. The third-order valence-corrected chi connectivity index (χ3v) is 2.44. The summed E-state index contributed by atoms with van der Waals surface area (Å²) in [6, 6.07) is -0.755. The number of amides is 2. The van der Waals surface area contributed by atoms with Crippen molar-refractivity contribution in [2.24, 2.45) is 5.92 Å². The summed E-state index contributed by atoms with van der Waals surface area (Å²) in [5.41, 5.74) is 0. The lowest BCUT2D eigenvalue weighted by atomic mass is 10.0. The highest BCUT2D eigenvalue weighted by Crippen LogP contribution is 2.12. The highest BCUT2D eigenvalue weighted by molar-refractivity contribution is 5.73. The van der Waals surface area contributed by atoms with Gasteiger partial charge in [-0.2, -0.15) is 13.2 Å². The Balaban J connectivity index is 3.31. The zero-order valence-corrected chi connectivity index (χ0v) is 11.1. The molecule has 0 bridgehead atoms. The minimum absolute atomic E-state index is 0.422. The topological polar surface area (TPSA) is 41.1 Å². The van der Waals surface area contributed by atoms with E-state index in [4.69, 9.17) is 0 Å². The Morgan fingerprint density at radius 1 is 1.06 bits per heavy atom. The monoisotopic (exact) mass is 268 g/mol. The minimum Gasteiger partial charge on any atom is -0.338 e. The second-order valence-electron chi connectivity index (χ2n) is 4.82. The van der Waals surface area contributed by atoms with Crippen molar-refractivity contribution < 1.29 is 18.0 Å². The van der Waals surface area contributed by atoms with E-state index in [1.54, 1.807) is 5.32 Å². The highest BCUT2D eigenvalue weighted by Gasteiger charge is 2.27. The number of nitrogens with one attached hydrogen (secondary N) is 2. The van der Waals surface area contributed by atoms with Crippen molar-refractivity contribution in [2.45, 2.75) is 52.1 Å². The van der Waals surface area contributed by atoms with Crippen molar-refractivity contribution in [1.82, 2.24) is 10.6 Å². The van der Waals surface area contributed by atoms with Crippen LogP contribution in [0.25, 0.3) is 0 Å². The Labute approximate surface area is 107 Å². The van der Waals surface area contributed by atoms with E-state index in [-0.39, 0.29) is 0 Å². The van der Waals surface area contributed by atoms with Crippen molar-refractivity contribution >= 4 is 6.03 Å². The fourth-order valence-electron chi connectivity index (χ4n) is 1.48. The van der Waals surface area contributed by atoms with E-state index in [9.17, 15) is 18.0 Å². The summed E-state index contributed by atoms with van der Waals surface area (Å²) in [5, 5.41) is 4.17. The normalized spacial score (nSPS) is 11.7. The van der Waals surface area contributed by atoms with Crippen LogP contribution in [0.2, 0.25) is 0 Å². The summed E-state index contributed by atoms with van der Waals surface area (Å²) >= 11 is 0. The summed E-state index contributed by atoms with van der Waals surface area (Å²) in [6.45, 7) is 3.48. The van der Waals surface area contributed by atoms with Crippen LogP contribution < -0.4 is 10.6 Å². The molecule has 3 nitrogen and oxygen atoms in total. The lowest BCUT2D eigenvalue weighted by Crippen LogP contribution is -2.41. The Hall–Kier alpha value is -0.940. The highest BCUT2D eigenvalue weighted by atomic mass is 19.4. The van der Waals surface area contributed by atoms with Gasteiger partial charge >= 0.3 is 12.2 Å². The molecule has 0 atom stereocenters. The first-order valence-electron chi connectivity index (χ1n) is 6.39. The summed E-state index contributed by atoms with van der Waals surface area (Å²) in [6.07, 6.45) is 0.902. The maximum atomic E-state index is 11.8. The second-order valence-corrected chi connectivity index (χ2v) is 4.82. The molecule has 6 heteroatoms. The molecule has 0 aliphatic carbocycles. The fourth-order valence-corrected chi connectivity index (χ4v) is 1.48. The predicted molar refractivity (Wildman–Crippen MR) is 65.4 cm³/mol. The molecule has 0 radical (unpaired) electrons. The first-order valence-corrected chi connectivity index (χ1v) is 6.39. The molecule has 0 aliphatic heterocycles. The molecule has 18 heavy (non-hydrogen) atoms. The molecular formula is C12H23F3N2O. The standard InChI is InChI=1S/C12H23F3N2O/c1-10(2)7-5-3-4-6-8-16-11(18)17-9-12(13,14)15/h10H,3-9H2,1-2H3,(H2,16,17,18). The summed E-state index contributed by atoms with van der Waals surface area (Å²) in [5.74, 6) is 0.705. The average Bonchev–Trinajstić information content (AvgIpc) is 2.23. The van der Waals surface area contributed by atoms with Crippen LogP contribution in [-0.2, 0) is 0 Å². The lowest BCUT2D eigenvalue weighted by molar-refractivity contribution is -0.122. The van der Waals surface area contributed by atoms with Gasteiger partial charge in [0.15, 0.2) is 0 Å². The van der Waals surface area contributed by atoms with Gasteiger partial charge in [0.2, 0.25) is 0 Å². The van der Waals surface area contributed by atoms with Gasteiger partial charge in [-0.3, -0.25) is 0 Å². The maximum Gasteiger partial charge on any atom is 0.405 e. The number of carbonyl (C=O) groups excluding carboxylic acids is 1. The zero-order valence-electron chi connectivity index (χ0n) is 11.1. The van der Waals surface area contributed by atoms with Gasteiger partial charge in [0.1, 0.15) is 6.54 Å². The van der Waals surface area contributed by atoms with Gasteiger partial charge in [0.25, 0.3) is 0 Å². The Kier molecular flexibility index (Phi) is 8.58. The quantitative estimate of drug-likeness (QED) is 0.650. The number of rotatable bonds is 8. The van der Waals surface area contributed by atoms with Gasteiger partial charge in [-0.25, -0.2) is 4.79 Å². The summed E-state index contributed by atoms with van der Waals surface area (Å²) < 4.78 is 35.3. The van der Waals surface area contributed by atoms with Crippen LogP contribution in [0.15, 0.2) is 0 Å². The number of unbranched alkanes of at least 4 members (excludes halogenated alkanes) is 3. The van der Waals surface area contributed by atoms with Crippen molar-refractivity contribution in [3.05, 3.63) is 0 Å². The van der Waals surface area contributed by atoms with Crippen molar-refractivity contribution in [1.29, 1.82) is 0 Å². The molecule has 0 saturated heterocycles. The molecule has 0 aliphatic rings. The fraction of sp³-hybridized carbons (Fsp3) is 0.917.